The molecule has 0 atom stereocenters. The van der Waals surface area contributed by atoms with Crippen LogP contribution in [0.2, 0.25) is 0 Å². The summed E-state index contributed by atoms with van der Waals surface area (Å²) < 4.78 is 8.78. The second-order valence-corrected chi connectivity index (χ2v) is 4.30. The van der Waals surface area contributed by atoms with Crippen LogP contribution < -0.4 is 0 Å². The molecule has 0 aromatic rings. The molecule has 4 nitrogen and oxygen atoms in total. The number of hydrogen-bond acceptors (Lipinski definition) is 4. The van der Waals surface area contributed by atoms with Crippen molar-refractivity contribution in [2.45, 2.75) is 65.2 Å². The van der Waals surface area contributed by atoms with Gasteiger partial charge in [0.2, 0.25) is 0 Å². The summed E-state index contributed by atoms with van der Waals surface area (Å²) in [6, 6.07) is 0. The highest BCUT2D eigenvalue weighted by atomic mass is 16.5. The van der Waals surface area contributed by atoms with Gasteiger partial charge >= 0.3 is 11.9 Å². The van der Waals surface area contributed by atoms with Crippen LogP contribution in [-0.2, 0) is 19.1 Å². The van der Waals surface area contributed by atoms with Gasteiger partial charge in [-0.15, -0.1) is 0 Å². The molecule has 0 aromatic heterocycles. The first-order valence-corrected chi connectivity index (χ1v) is 7.17. The van der Waals surface area contributed by atoms with Gasteiger partial charge in [-0.2, -0.15) is 0 Å². The molecular weight excluding hydrogens is 256 g/mol. The maximum atomic E-state index is 10.9. The monoisotopic (exact) mass is 284 g/mol. The lowest BCUT2D eigenvalue weighted by Gasteiger charge is -2.00. The molecule has 0 aliphatic carbocycles. The van der Waals surface area contributed by atoms with E-state index < -0.39 is 0 Å². The van der Waals surface area contributed by atoms with Crippen LogP contribution in [0.1, 0.15) is 65.2 Å². The van der Waals surface area contributed by atoms with Crippen molar-refractivity contribution in [1.29, 1.82) is 0 Å². The smallest absolute Gasteiger partial charge is 0.310 e. The third kappa shape index (κ3) is 21.7. The number of hydrogen-bond donors (Lipinski definition) is 0. The quantitative estimate of drug-likeness (QED) is 0.336. The van der Waals surface area contributed by atoms with E-state index in [0.29, 0.717) is 6.42 Å². The predicted molar refractivity (Wildman–Crippen MR) is 80.9 cm³/mol. The Morgan fingerprint density at radius 1 is 0.900 bits per heavy atom. The highest BCUT2D eigenvalue weighted by Gasteiger charge is 1.99. The second-order valence-electron chi connectivity index (χ2n) is 4.30. The number of ether oxygens (including phenoxy) is 2. The molecule has 4 heteroatoms. The van der Waals surface area contributed by atoms with Gasteiger partial charge in [-0.1, -0.05) is 58.6 Å². The average molecular weight is 284 g/mol. The third-order valence-electron chi connectivity index (χ3n) is 2.45. The lowest BCUT2D eigenvalue weighted by Crippen LogP contribution is -1.98. The zero-order valence-corrected chi connectivity index (χ0v) is 12.9. The molecule has 0 saturated carbocycles. The van der Waals surface area contributed by atoms with Crippen molar-refractivity contribution in [3.8, 4) is 0 Å². The number of rotatable bonds is 10. The summed E-state index contributed by atoms with van der Waals surface area (Å²) >= 11 is 0. The highest BCUT2D eigenvalue weighted by molar-refractivity contribution is 5.69. The zero-order chi connectivity index (χ0) is 15.6. The van der Waals surface area contributed by atoms with Crippen LogP contribution in [0.25, 0.3) is 0 Å². The maximum absolute atomic E-state index is 10.9. The van der Waals surface area contributed by atoms with Crippen LogP contribution in [0, 0.1) is 0 Å². The summed E-state index contributed by atoms with van der Waals surface area (Å²) in [4.78, 5) is 20.6. The fourth-order valence-corrected chi connectivity index (χ4v) is 1.50. The van der Waals surface area contributed by atoms with Crippen molar-refractivity contribution < 1.29 is 19.1 Å². The molecule has 0 radical (unpaired) electrons. The van der Waals surface area contributed by atoms with E-state index in [1.807, 2.05) is 0 Å². The minimum Gasteiger partial charge on any atom is -0.435 e. The summed E-state index contributed by atoms with van der Waals surface area (Å²) in [5.74, 6) is -0.487. The van der Waals surface area contributed by atoms with Gasteiger partial charge in [-0.05, 0) is 6.42 Å². The number of esters is 2. The first-order valence-electron chi connectivity index (χ1n) is 7.17. The van der Waals surface area contributed by atoms with Gasteiger partial charge in [0, 0.05) is 13.3 Å². The van der Waals surface area contributed by atoms with E-state index >= 15 is 0 Å². The molecule has 0 aromatic carbocycles. The molecular formula is C16H28O4. The van der Waals surface area contributed by atoms with E-state index in [4.69, 9.17) is 0 Å². The van der Waals surface area contributed by atoms with Gasteiger partial charge in [-0.3, -0.25) is 9.59 Å². The van der Waals surface area contributed by atoms with Crippen LogP contribution in [0.5, 0.6) is 0 Å². The fourth-order valence-electron chi connectivity index (χ4n) is 1.50. The largest absolute Gasteiger partial charge is 0.435 e. The van der Waals surface area contributed by atoms with Crippen molar-refractivity contribution in [3.63, 3.8) is 0 Å². The molecule has 116 valence electrons. The van der Waals surface area contributed by atoms with Crippen LogP contribution in [0.15, 0.2) is 25.7 Å². The Bertz CT molecular complexity index is 272. The molecule has 0 bridgehead atoms. The van der Waals surface area contributed by atoms with Crippen molar-refractivity contribution in [2.75, 3.05) is 0 Å². The first kappa shape index (κ1) is 20.7. The Kier molecular flexibility index (Phi) is 18.1. The molecule has 0 spiro atoms. The Balaban J connectivity index is 0. The average Bonchev–Trinajstić information content (AvgIpc) is 2.38. The maximum Gasteiger partial charge on any atom is 0.310 e. The van der Waals surface area contributed by atoms with Crippen LogP contribution in [-0.4, -0.2) is 11.9 Å². The summed E-state index contributed by atoms with van der Waals surface area (Å²) in [7, 11) is 0. The fraction of sp³-hybridized carbons (Fsp3) is 0.625. The molecule has 0 saturated heterocycles. The van der Waals surface area contributed by atoms with E-state index in [9.17, 15) is 9.59 Å². The lowest BCUT2D eigenvalue weighted by atomic mass is 10.1. The zero-order valence-electron chi connectivity index (χ0n) is 12.9. The lowest BCUT2D eigenvalue weighted by molar-refractivity contribution is -0.138. The first-order chi connectivity index (χ1) is 9.58. The predicted octanol–water partition coefficient (Wildman–Crippen LogP) is 4.51. The van der Waals surface area contributed by atoms with E-state index in [1.165, 1.54) is 45.3 Å². The van der Waals surface area contributed by atoms with Gasteiger partial charge in [0.05, 0.1) is 12.5 Å². The molecule has 20 heavy (non-hydrogen) atoms. The van der Waals surface area contributed by atoms with Crippen molar-refractivity contribution in [2.24, 2.45) is 0 Å². The molecule has 0 heterocycles. The van der Waals surface area contributed by atoms with Gasteiger partial charge < -0.3 is 9.47 Å². The minimum absolute atomic E-state index is 0.159. The normalized spacial score (nSPS) is 8.90. The summed E-state index contributed by atoms with van der Waals surface area (Å²) in [5.41, 5.74) is 0. The molecule has 0 fully saturated rings. The van der Waals surface area contributed by atoms with Gasteiger partial charge in [-0.25, -0.2) is 0 Å². The van der Waals surface area contributed by atoms with Crippen LogP contribution in [0.4, 0.5) is 0 Å². The van der Waals surface area contributed by atoms with Crippen molar-refractivity contribution in [3.05, 3.63) is 25.7 Å². The molecule has 0 aliphatic heterocycles. The molecule has 0 rings (SSSR count). The number of carbonyl (C=O) groups is 2. The van der Waals surface area contributed by atoms with Crippen LogP contribution in [0.3, 0.4) is 0 Å². The van der Waals surface area contributed by atoms with Crippen LogP contribution >= 0.6 is 0 Å². The highest BCUT2D eigenvalue weighted by Crippen LogP contribution is 2.08. The summed E-state index contributed by atoms with van der Waals surface area (Å²) in [5, 5.41) is 0. The summed E-state index contributed by atoms with van der Waals surface area (Å²) in [6.07, 6.45) is 11.4. The number of carbonyl (C=O) groups excluding carboxylic acids is 2. The Hall–Kier alpha value is -1.58. The standard InChI is InChI=1S/C12H22O2.C4H6O2/c1-3-5-6-7-8-9-10-11-12(13)14-4-2;1-3-6-4(2)5/h4H,2-3,5-11H2,1H3;3H,1H2,2H3. The van der Waals surface area contributed by atoms with Gasteiger partial charge in [0.15, 0.2) is 0 Å². The Morgan fingerprint density at radius 2 is 1.40 bits per heavy atom. The van der Waals surface area contributed by atoms with E-state index in [2.05, 4.69) is 29.6 Å². The molecule has 0 N–H and O–H groups in total. The Morgan fingerprint density at radius 3 is 1.80 bits per heavy atom. The van der Waals surface area contributed by atoms with Crippen molar-refractivity contribution in [1.82, 2.24) is 0 Å². The van der Waals surface area contributed by atoms with E-state index in [1.54, 1.807) is 0 Å². The molecule has 0 amide bonds. The van der Waals surface area contributed by atoms with Gasteiger partial charge in [0.1, 0.15) is 0 Å². The van der Waals surface area contributed by atoms with E-state index in [0.717, 1.165) is 19.1 Å². The minimum atomic E-state index is -0.329. The van der Waals surface area contributed by atoms with Crippen molar-refractivity contribution >= 4 is 11.9 Å². The number of unbranched alkanes of at least 4 members (excludes halogenated alkanes) is 6. The summed E-state index contributed by atoms with van der Waals surface area (Å²) in [6.45, 7) is 10.0. The molecule has 0 unspecified atom stereocenters. The van der Waals surface area contributed by atoms with Gasteiger partial charge in [0.25, 0.3) is 0 Å². The van der Waals surface area contributed by atoms with E-state index in [-0.39, 0.29) is 11.9 Å². The Labute approximate surface area is 122 Å². The topological polar surface area (TPSA) is 52.6 Å². The third-order valence-corrected chi connectivity index (χ3v) is 2.45. The SMILES string of the molecule is C=COC(=O)CCCCCCCCC.C=COC(C)=O. The molecule has 0 aliphatic rings. The second kappa shape index (κ2) is 17.4.